The molecule has 0 aliphatic carbocycles. The molecule has 164 valence electrons. The number of fused-ring (bicyclic) bond motifs is 1. The van der Waals surface area contributed by atoms with E-state index in [1.807, 2.05) is 42.5 Å². The highest BCUT2D eigenvalue weighted by molar-refractivity contribution is 7.80. The molecule has 0 atom stereocenters. The summed E-state index contributed by atoms with van der Waals surface area (Å²) >= 11 is 5.07. The second kappa shape index (κ2) is 11.1. The Kier molecular flexibility index (Phi) is 7.94. The molecule has 3 aromatic rings. The minimum Gasteiger partial charge on any atom is -0.493 e. The molecule has 2 amide bonds. The predicted octanol–water partition coefficient (Wildman–Crippen LogP) is 4.22. The number of benzene rings is 3. The highest BCUT2D eigenvalue weighted by Crippen LogP contribution is 2.19. The van der Waals surface area contributed by atoms with E-state index in [4.69, 9.17) is 17.0 Å². The van der Waals surface area contributed by atoms with E-state index < -0.39 is 5.91 Å². The first-order valence-electron chi connectivity index (χ1n) is 10.2. The molecule has 0 saturated carbocycles. The average Bonchev–Trinajstić information content (AvgIpc) is 2.80. The standard InChI is InChI=1S/C25H25N3O3S/c1-17(2)16-31-21-13-10-20(11-14-21)24(30)27-28-25(32)26-23(29)15-12-19-8-5-7-18-6-3-4-9-22(18)19/h3-15,17H,16H2,1-2H3,(H,27,30)(H2,26,28,29,32). The summed E-state index contributed by atoms with van der Waals surface area (Å²) in [6.07, 6.45) is 3.12. The van der Waals surface area contributed by atoms with Gasteiger partial charge in [0.25, 0.3) is 5.91 Å². The topological polar surface area (TPSA) is 79.5 Å². The van der Waals surface area contributed by atoms with Crippen LogP contribution in [0.2, 0.25) is 0 Å². The summed E-state index contributed by atoms with van der Waals surface area (Å²) in [5.74, 6) is 0.323. The van der Waals surface area contributed by atoms with Crippen LogP contribution in [0.15, 0.2) is 72.8 Å². The smallest absolute Gasteiger partial charge is 0.269 e. The zero-order valence-corrected chi connectivity index (χ0v) is 18.7. The van der Waals surface area contributed by atoms with E-state index in [0.29, 0.717) is 23.8 Å². The van der Waals surface area contributed by atoms with Crippen molar-refractivity contribution in [1.29, 1.82) is 0 Å². The molecule has 0 spiro atoms. The molecule has 0 bridgehead atoms. The van der Waals surface area contributed by atoms with Crippen molar-refractivity contribution in [2.24, 2.45) is 5.92 Å². The van der Waals surface area contributed by atoms with E-state index in [2.05, 4.69) is 30.0 Å². The molecule has 3 N–H and O–H groups in total. The molecule has 0 aliphatic rings. The van der Waals surface area contributed by atoms with Crippen molar-refractivity contribution in [1.82, 2.24) is 16.2 Å². The summed E-state index contributed by atoms with van der Waals surface area (Å²) in [6.45, 7) is 4.74. The summed E-state index contributed by atoms with van der Waals surface area (Å²) in [5, 5.41) is 4.63. The third-order valence-electron chi connectivity index (χ3n) is 4.46. The lowest BCUT2D eigenvalue weighted by Crippen LogP contribution is -2.48. The van der Waals surface area contributed by atoms with Gasteiger partial charge in [-0.15, -0.1) is 0 Å². The maximum absolute atomic E-state index is 12.2. The highest BCUT2D eigenvalue weighted by Gasteiger charge is 2.08. The van der Waals surface area contributed by atoms with Gasteiger partial charge in [0.1, 0.15) is 5.75 Å². The molecule has 0 fully saturated rings. The number of hydrogen-bond donors (Lipinski definition) is 3. The number of hydrogen-bond acceptors (Lipinski definition) is 4. The van der Waals surface area contributed by atoms with E-state index in [0.717, 1.165) is 16.3 Å². The maximum Gasteiger partial charge on any atom is 0.269 e. The quantitative estimate of drug-likeness (QED) is 0.300. The first-order valence-corrected chi connectivity index (χ1v) is 10.6. The molecule has 7 heteroatoms. The summed E-state index contributed by atoms with van der Waals surface area (Å²) in [4.78, 5) is 24.4. The van der Waals surface area contributed by atoms with Crippen LogP contribution >= 0.6 is 12.2 Å². The minimum atomic E-state index is -0.406. The molecule has 32 heavy (non-hydrogen) atoms. The van der Waals surface area contributed by atoms with Gasteiger partial charge in [-0.2, -0.15) is 0 Å². The van der Waals surface area contributed by atoms with Crippen molar-refractivity contribution in [2.45, 2.75) is 13.8 Å². The van der Waals surface area contributed by atoms with Crippen molar-refractivity contribution in [3.63, 3.8) is 0 Å². The van der Waals surface area contributed by atoms with Gasteiger partial charge in [-0.25, -0.2) is 0 Å². The second-order valence-corrected chi connectivity index (χ2v) is 7.94. The number of hydrazine groups is 1. The zero-order chi connectivity index (χ0) is 22.9. The number of ether oxygens (including phenoxy) is 1. The van der Waals surface area contributed by atoms with Crippen molar-refractivity contribution >= 4 is 46.0 Å². The third-order valence-corrected chi connectivity index (χ3v) is 4.67. The Hall–Kier alpha value is -3.71. The Morgan fingerprint density at radius 1 is 0.969 bits per heavy atom. The van der Waals surface area contributed by atoms with Crippen molar-refractivity contribution < 1.29 is 14.3 Å². The Labute approximate surface area is 192 Å². The van der Waals surface area contributed by atoms with Gasteiger partial charge < -0.3 is 4.74 Å². The maximum atomic E-state index is 12.2. The average molecular weight is 448 g/mol. The lowest BCUT2D eigenvalue weighted by molar-refractivity contribution is -0.115. The number of carbonyl (C=O) groups is 2. The fourth-order valence-electron chi connectivity index (χ4n) is 2.90. The van der Waals surface area contributed by atoms with Crippen molar-refractivity contribution in [3.05, 3.63) is 83.9 Å². The second-order valence-electron chi connectivity index (χ2n) is 7.53. The first kappa shape index (κ1) is 23.0. The number of nitrogens with one attached hydrogen (secondary N) is 3. The van der Waals surface area contributed by atoms with Crippen LogP contribution < -0.4 is 20.9 Å². The number of thiocarbonyl (C=S) groups is 1. The number of amides is 2. The largest absolute Gasteiger partial charge is 0.493 e. The first-order chi connectivity index (χ1) is 15.4. The van der Waals surface area contributed by atoms with Crippen LogP contribution in [0.3, 0.4) is 0 Å². The van der Waals surface area contributed by atoms with Crippen LogP contribution in [-0.2, 0) is 4.79 Å². The van der Waals surface area contributed by atoms with Gasteiger partial charge in [0.15, 0.2) is 5.11 Å². The molecule has 6 nitrogen and oxygen atoms in total. The van der Waals surface area contributed by atoms with Gasteiger partial charge in [0.2, 0.25) is 5.91 Å². The zero-order valence-electron chi connectivity index (χ0n) is 17.9. The van der Waals surface area contributed by atoms with E-state index >= 15 is 0 Å². The fraction of sp³-hybridized carbons (Fsp3) is 0.160. The molecule has 0 radical (unpaired) electrons. The molecule has 0 aromatic heterocycles. The summed E-state index contributed by atoms with van der Waals surface area (Å²) in [6, 6.07) is 20.6. The van der Waals surface area contributed by atoms with Crippen LogP contribution in [0.1, 0.15) is 29.8 Å². The molecule has 0 heterocycles. The van der Waals surface area contributed by atoms with Crippen molar-refractivity contribution in [3.8, 4) is 5.75 Å². The van der Waals surface area contributed by atoms with Crippen LogP contribution in [0.4, 0.5) is 0 Å². The summed E-state index contributed by atoms with van der Waals surface area (Å²) < 4.78 is 5.60. The van der Waals surface area contributed by atoms with Crippen LogP contribution in [-0.4, -0.2) is 23.5 Å². The van der Waals surface area contributed by atoms with Gasteiger partial charge >= 0.3 is 0 Å². The fourth-order valence-corrected chi connectivity index (χ4v) is 3.05. The number of rotatable bonds is 6. The molecular formula is C25H25N3O3S. The molecule has 3 rings (SSSR count). The van der Waals surface area contributed by atoms with Gasteiger partial charge in [-0.1, -0.05) is 56.3 Å². The Balaban J connectivity index is 1.48. The SMILES string of the molecule is CC(C)COc1ccc(C(=O)NNC(=S)NC(=O)C=Cc2cccc3ccccc23)cc1. The van der Waals surface area contributed by atoms with Gasteiger partial charge in [0.05, 0.1) is 6.61 Å². The van der Waals surface area contributed by atoms with Crippen LogP contribution in [0, 0.1) is 5.92 Å². The van der Waals surface area contributed by atoms with Crippen molar-refractivity contribution in [2.75, 3.05) is 6.61 Å². The molecular weight excluding hydrogens is 422 g/mol. The van der Waals surface area contributed by atoms with Gasteiger partial charge in [-0.05, 0) is 64.8 Å². The molecule has 0 aliphatic heterocycles. The lowest BCUT2D eigenvalue weighted by Gasteiger charge is -2.11. The highest BCUT2D eigenvalue weighted by atomic mass is 32.1. The third kappa shape index (κ3) is 6.65. The monoisotopic (exact) mass is 447 g/mol. The van der Waals surface area contributed by atoms with E-state index in [1.54, 1.807) is 30.3 Å². The van der Waals surface area contributed by atoms with Gasteiger partial charge in [-0.3, -0.25) is 25.8 Å². The molecule has 0 saturated heterocycles. The van der Waals surface area contributed by atoms with Gasteiger partial charge in [0, 0.05) is 11.6 Å². The van der Waals surface area contributed by atoms with Crippen LogP contribution in [0.25, 0.3) is 16.8 Å². The normalized spacial score (nSPS) is 10.8. The number of carbonyl (C=O) groups excluding carboxylic acids is 2. The summed E-state index contributed by atoms with van der Waals surface area (Å²) in [5.41, 5.74) is 6.34. The Morgan fingerprint density at radius 2 is 1.69 bits per heavy atom. The minimum absolute atomic E-state index is 0.0113. The Bertz CT molecular complexity index is 1140. The summed E-state index contributed by atoms with van der Waals surface area (Å²) in [7, 11) is 0. The lowest BCUT2D eigenvalue weighted by atomic mass is 10.0. The molecule has 0 unspecified atom stereocenters. The molecule has 3 aromatic carbocycles. The predicted molar refractivity (Wildman–Crippen MR) is 131 cm³/mol. The Morgan fingerprint density at radius 3 is 2.44 bits per heavy atom. The van der Waals surface area contributed by atoms with E-state index in [9.17, 15) is 9.59 Å². The van der Waals surface area contributed by atoms with E-state index in [-0.39, 0.29) is 11.0 Å². The van der Waals surface area contributed by atoms with E-state index in [1.165, 1.54) is 6.08 Å². The van der Waals surface area contributed by atoms with Crippen LogP contribution in [0.5, 0.6) is 5.75 Å².